The fraction of sp³-hybridized carbons (Fsp3) is 0.909. The van der Waals surface area contributed by atoms with Crippen LogP contribution in [0.5, 0.6) is 0 Å². The number of rotatable bonds is 10. The van der Waals surface area contributed by atoms with E-state index in [1.54, 1.807) is 0 Å². The van der Waals surface area contributed by atoms with Gasteiger partial charge in [-0.15, -0.1) is 0 Å². The summed E-state index contributed by atoms with van der Waals surface area (Å²) in [5.41, 5.74) is 5.51. The highest BCUT2D eigenvalue weighted by Gasteiger charge is 2.09. The minimum Gasteiger partial charge on any atom is -0.409 e. The van der Waals surface area contributed by atoms with Crippen molar-refractivity contribution in [2.24, 2.45) is 10.9 Å². The molecule has 0 aromatic carbocycles. The first-order valence-electron chi connectivity index (χ1n) is 6.04. The lowest BCUT2D eigenvalue weighted by atomic mass is 10.2. The second-order valence-corrected chi connectivity index (χ2v) is 3.76. The molecule has 1 atom stereocenters. The van der Waals surface area contributed by atoms with Gasteiger partial charge >= 0.3 is 0 Å². The lowest BCUT2D eigenvalue weighted by molar-refractivity contribution is 0.128. The molecule has 1 unspecified atom stereocenters. The van der Waals surface area contributed by atoms with E-state index in [0.29, 0.717) is 0 Å². The Morgan fingerprint density at radius 1 is 1.38 bits per heavy atom. The van der Waals surface area contributed by atoms with Crippen LogP contribution in [0.2, 0.25) is 0 Å². The molecule has 0 spiro atoms. The van der Waals surface area contributed by atoms with E-state index in [-0.39, 0.29) is 11.9 Å². The maximum Gasteiger partial charge on any atom is 0.156 e. The molecule has 5 heteroatoms. The number of nitrogens with two attached hydrogens (primary N) is 1. The molecule has 0 saturated heterocycles. The maximum absolute atomic E-state index is 8.53. The third kappa shape index (κ3) is 7.48. The molecule has 0 aliphatic rings. The molecule has 5 nitrogen and oxygen atoms in total. The molecule has 0 heterocycles. The van der Waals surface area contributed by atoms with E-state index in [9.17, 15) is 0 Å². The molecule has 0 radical (unpaired) electrons. The van der Waals surface area contributed by atoms with Gasteiger partial charge in [-0.1, -0.05) is 25.4 Å². The summed E-state index contributed by atoms with van der Waals surface area (Å²) in [6.07, 6.45) is 4.04. The highest BCUT2D eigenvalue weighted by atomic mass is 16.5. The van der Waals surface area contributed by atoms with Gasteiger partial charge in [0.25, 0.3) is 0 Å². The first-order chi connectivity index (χ1) is 7.76. The van der Waals surface area contributed by atoms with Crippen LogP contribution < -0.4 is 11.1 Å². The predicted molar refractivity (Wildman–Crippen MR) is 65.8 cm³/mol. The van der Waals surface area contributed by atoms with Crippen LogP contribution in [-0.2, 0) is 4.74 Å². The van der Waals surface area contributed by atoms with E-state index in [2.05, 4.69) is 17.4 Å². The summed E-state index contributed by atoms with van der Waals surface area (Å²) in [4.78, 5) is 0. The van der Waals surface area contributed by atoms with Gasteiger partial charge < -0.3 is 21.0 Å². The molecule has 0 saturated carbocycles. The van der Waals surface area contributed by atoms with Crippen molar-refractivity contribution in [3.8, 4) is 0 Å². The third-order valence-corrected chi connectivity index (χ3v) is 2.38. The van der Waals surface area contributed by atoms with Gasteiger partial charge in [-0.25, -0.2) is 0 Å². The van der Waals surface area contributed by atoms with Gasteiger partial charge in [0, 0.05) is 13.2 Å². The predicted octanol–water partition coefficient (Wildman–Crippen LogP) is 1.31. The van der Waals surface area contributed by atoms with Crippen LogP contribution in [0.1, 0.15) is 39.5 Å². The van der Waals surface area contributed by atoms with Crippen LogP contribution >= 0.6 is 0 Å². The van der Waals surface area contributed by atoms with E-state index in [1.165, 1.54) is 6.42 Å². The van der Waals surface area contributed by atoms with E-state index in [1.807, 2.05) is 6.92 Å². The molecule has 16 heavy (non-hydrogen) atoms. The smallest absolute Gasteiger partial charge is 0.156 e. The molecular formula is C11H25N3O2. The summed E-state index contributed by atoms with van der Waals surface area (Å²) in [7, 11) is 0. The fourth-order valence-electron chi connectivity index (χ4n) is 1.33. The van der Waals surface area contributed by atoms with Crippen molar-refractivity contribution >= 4 is 5.84 Å². The van der Waals surface area contributed by atoms with E-state index < -0.39 is 0 Å². The Balaban J connectivity index is 3.42. The Morgan fingerprint density at radius 2 is 2.06 bits per heavy atom. The summed E-state index contributed by atoms with van der Waals surface area (Å²) in [5.74, 6) is 0.245. The zero-order valence-electron chi connectivity index (χ0n) is 10.4. The van der Waals surface area contributed by atoms with E-state index >= 15 is 0 Å². The van der Waals surface area contributed by atoms with Crippen LogP contribution in [0.15, 0.2) is 5.16 Å². The second kappa shape index (κ2) is 10.7. The van der Waals surface area contributed by atoms with E-state index in [0.717, 1.165) is 39.0 Å². The second-order valence-electron chi connectivity index (χ2n) is 3.76. The summed E-state index contributed by atoms with van der Waals surface area (Å²) in [6.45, 7) is 6.57. The number of unbranched alkanes of at least 4 members (excludes halogenated alkanes) is 1. The fourth-order valence-corrected chi connectivity index (χ4v) is 1.33. The highest BCUT2D eigenvalue weighted by Crippen LogP contribution is 1.93. The Bertz CT molecular complexity index is 186. The number of ether oxygens (including phenoxy) is 1. The van der Waals surface area contributed by atoms with Crippen LogP contribution in [0, 0.1) is 0 Å². The largest absolute Gasteiger partial charge is 0.409 e. The summed E-state index contributed by atoms with van der Waals surface area (Å²) in [5, 5.41) is 14.7. The summed E-state index contributed by atoms with van der Waals surface area (Å²) in [6, 6.07) is -0.0411. The number of amidine groups is 1. The van der Waals surface area contributed by atoms with Crippen LogP contribution in [0.3, 0.4) is 0 Å². The normalized spacial score (nSPS) is 14.0. The average Bonchev–Trinajstić information content (AvgIpc) is 2.32. The molecule has 4 N–H and O–H groups in total. The zero-order valence-corrected chi connectivity index (χ0v) is 10.4. The van der Waals surface area contributed by atoms with Crippen LogP contribution in [-0.4, -0.2) is 36.8 Å². The minimum atomic E-state index is -0.0411. The topological polar surface area (TPSA) is 79.9 Å². The van der Waals surface area contributed by atoms with Crippen molar-refractivity contribution in [1.29, 1.82) is 0 Å². The van der Waals surface area contributed by atoms with Gasteiger partial charge in [0.05, 0.1) is 6.04 Å². The monoisotopic (exact) mass is 231 g/mol. The molecule has 0 amide bonds. The summed E-state index contributed by atoms with van der Waals surface area (Å²) < 4.78 is 5.43. The van der Waals surface area contributed by atoms with Gasteiger partial charge in [0.15, 0.2) is 5.84 Å². The molecule has 0 aromatic rings. The van der Waals surface area contributed by atoms with Crippen molar-refractivity contribution in [3.63, 3.8) is 0 Å². The molecule has 0 aromatic heterocycles. The Kier molecular flexibility index (Phi) is 10.2. The van der Waals surface area contributed by atoms with Crippen molar-refractivity contribution in [2.75, 3.05) is 19.8 Å². The highest BCUT2D eigenvalue weighted by molar-refractivity contribution is 5.85. The lowest BCUT2D eigenvalue weighted by Gasteiger charge is -2.14. The Labute approximate surface area is 98.0 Å². The number of hydrogen-bond donors (Lipinski definition) is 3. The quantitative estimate of drug-likeness (QED) is 0.174. The molecule has 0 rings (SSSR count). The molecule has 0 bridgehead atoms. The first-order valence-corrected chi connectivity index (χ1v) is 6.04. The van der Waals surface area contributed by atoms with Crippen molar-refractivity contribution in [1.82, 2.24) is 5.32 Å². The lowest BCUT2D eigenvalue weighted by Crippen LogP contribution is -2.41. The van der Waals surface area contributed by atoms with Crippen molar-refractivity contribution in [2.45, 2.75) is 45.6 Å². The van der Waals surface area contributed by atoms with Crippen LogP contribution in [0.4, 0.5) is 0 Å². The Hall–Kier alpha value is -0.810. The van der Waals surface area contributed by atoms with Gasteiger partial charge in [-0.05, 0) is 25.8 Å². The van der Waals surface area contributed by atoms with Crippen LogP contribution in [0.25, 0.3) is 0 Å². The molecular weight excluding hydrogens is 206 g/mol. The number of oxime groups is 1. The average molecular weight is 231 g/mol. The standard InChI is InChI=1S/C11H25N3O2/c1-3-5-8-16-9-6-7-13-10(4-2)11(12)14-15/h10,13,15H,3-9H2,1-2H3,(H2,12,14). The molecule has 0 aliphatic carbocycles. The Morgan fingerprint density at radius 3 is 2.62 bits per heavy atom. The van der Waals surface area contributed by atoms with Crippen molar-refractivity contribution < 1.29 is 9.94 Å². The number of nitrogens with one attached hydrogen (secondary N) is 1. The van der Waals surface area contributed by atoms with E-state index in [4.69, 9.17) is 15.7 Å². The van der Waals surface area contributed by atoms with Gasteiger partial charge in [-0.3, -0.25) is 0 Å². The number of nitrogens with zero attached hydrogens (tertiary/aromatic N) is 1. The maximum atomic E-state index is 8.53. The SMILES string of the molecule is CCCCOCCCNC(CC)C(N)=NO. The summed E-state index contributed by atoms with van der Waals surface area (Å²) >= 11 is 0. The van der Waals surface area contributed by atoms with Gasteiger partial charge in [0.2, 0.25) is 0 Å². The molecule has 0 fully saturated rings. The molecule has 96 valence electrons. The third-order valence-electron chi connectivity index (χ3n) is 2.38. The molecule has 0 aliphatic heterocycles. The number of hydrogen-bond acceptors (Lipinski definition) is 4. The minimum absolute atomic E-state index is 0.0411. The van der Waals surface area contributed by atoms with Crippen molar-refractivity contribution in [3.05, 3.63) is 0 Å². The van der Waals surface area contributed by atoms with Gasteiger partial charge in [0.1, 0.15) is 0 Å². The zero-order chi connectivity index (χ0) is 12.2. The van der Waals surface area contributed by atoms with Gasteiger partial charge in [-0.2, -0.15) is 0 Å². The first kappa shape index (κ1) is 15.2.